The predicted octanol–water partition coefficient (Wildman–Crippen LogP) is 2.55. The normalized spacial score (nSPS) is 10.1. The van der Waals surface area contributed by atoms with Crippen molar-refractivity contribution in [3.63, 3.8) is 0 Å². The van der Waals surface area contributed by atoms with Crippen LogP contribution in [0.2, 0.25) is 0 Å². The molecule has 2 rings (SSSR count). The lowest BCUT2D eigenvalue weighted by Gasteiger charge is -2.04. The first kappa shape index (κ1) is 13.9. The van der Waals surface area contributed by atoms with Gasteiger partial charge in [-0.2, -0.15) is 0 Å². The molecule has 20 heavy (non-hydrogen) atoms. The van der Waals surface area contributed by atoms with Gasteiger partial charge in [-0.05, 0) is 24.3 Å². The number of nitrogens with zero attached hydrogens (tertiary/aromatic N) is 1. The summed E-state index contributed by atoms with van der Waals surface area (Å²) in [7, 11) is 0. The molecular weight excluding hydrogens is 285 g/mol. The topological polar surface area (TPSA) is 91.3 Å². The van der Waals surface area contributed by atoms with Crippen LogP contribution in [0.4, 0.5) is 20.0 Å². The number of hydrogen-bond acceptors (Lipinski definition) is 4. The Morgan fingerprint density at radius 1 is 1.25 bits per heavy atom. The zero-order chi connectivity index (χ0) is 14.5. The van der Waals surface area contributed by atoms with Crippen LogP contribution in [0.25, 0.3) is 0 Å². The van der Waals surface area contributed by atoms with Gasteiger partial charge in [-0.25, -0.2) is 14.2 Å². The van der Waals surface area contributed by atoms with E-state index in [4.69, 9.17) is 5.11 Å². The highest BCUT2D eigenvalue weighted by Gasteiger charge is 2.09. The van der Waals surface area contributed by atoms with Gasteiger partial charge < -0.3 is 10.4 Å². The van der Waals surface area contributed by atoms with Crippen LogP contribution < -0.4 is 10.6 Å². The lowest BCUT2D eigenvalue weighted by atomic mass is 10.3. The number of carboxylic acid groups (broad SMARTS) is 1. The molecule has 3 N–H and O–H groups in total. The largest absolute Gasteiger partial charge is 0.481 e. The van der Waals surface area contributed by atoms with Gasteiger partial charge in [-0.1, -0.05) is 0 Å². The summed E-state index contributed by atoms with van der Waals surface area (Å²) >= 11 is 1.13. The Balaban J connectivity index is 1.92. The Bertz CT molecular complexity index is 627. The third kappa shape index (κ3) is 4.02. The van der Waals surface area contributed by atoms with Gasteiger partial charge in [-0.15, -0.1) is 11.3 Å². The molecule has 2 amide bonds. The Kier molecular flexibility index (Phi) is 4.26. The second kappa shape index (κ2) is 6.11. The van der Waals surface area contributed by atoms with Crippen LogP contribution in [0.15, 0.2) is 29.6 Å². The average Bonchev–Trinajstić information content (AvgIpc) is 2.78. The minimum Gasteiger partial charge on any atom is -0.481 e. The highest BCUT2D eigenvalue weighted by molar-refractivity contribution is 7.13. The van der Waals surface area contributed by atoms with E-state index in [1.54, 1.807) is 5.38 Å². The molecule has 0 saturated carbocycles. The van der Waals surface area contributed by atoms with E-state index in [-0.39, 0.29) is 6.42 Å². The van der Waals surface area contributed by atoms with Crippen LogP contribution in [0, 0.1) is 5.82 Å². The standard InChI is InChI=1S/C12H10FN3O3S/c13-7-1-3-8(4-2-7)14-11(19)16-12-15-9(6-20-12)5-10(17)18/h1-4,6H,5H2,(H,17,18)(H2,14,15,16,19). The van der Waals surface area contributed by atoms with E-state index in [0.29, 0.717) is 16.5 Å². The van der Waals surface area contributed by atoms with Crippen LogP contribution in [0.5, 0.6) is 0 Å². The Labute approximate surface area is 117 Å². The molecule has 0 aliphatic rings. The second-order valence-corrected chi connectivity index (χ2v) is 4.66. The number of aromatic nitrogens is 1. The van der Waals surface area contributed by atoms with Crippen molar-refractivity contribution in [1.82, 2.24) is 4.98 Å². The molecule has 104 valence electrons. The van der Waals surface area contributed by atoms with E-state index in [0.717, 1.165) is 11.3 Å². The number of urea groups is 1. The lowest BCUT2D eigenvalue weighted by Crippen LogP contribution is -2.19. The number of benzene rings is 1. The van der Waals surface area contributed by atoms with Gasteiger partial charge in [0.1, 0.15) is 5.82 Å². The third-order valence-electron chi connectivity index (χ3n) is 2.21. The average molecular weight is 295 g/mol. The van der Waals surface area contributed by atoms with Crippen LogP contribution in [-0.2, 0) is 11.2 Å². The minimum absolute atomic E-state index is 0.197. The first-order valence-electron chi connectivity index (χ1n) is 5.53. The van der Waals surface area contributed by atoms with Crippen molar-refractivity contribution in [2.75, 3.05) is 10.6 Å². The van der Waals surface area contributed by atoms with Gasteiger partial charge >= 0.3 is 12.0 Å². The summed E-state index contributed by atoms with van der Waals surface area (Å²) in [6, 6.07) is 4.76. The summed E-state index contributed by atoms with van der Waals surface area (Å²) in [5.41, 5.74) is 0.811. The van der Waals surface area contributed by atoms with E-state index in [1.807, 2.05) is 0 Å². The van der Waals surface area contributed by atoms with Crippen molar-refractivity contribution >= 4 is 34.2 Å². The number of amides is 2. The van der Waals surface area contributed by atoms with Gasteiger partial charge in [0.25, 0.3) is 0 Å². The molecule has 0 aliphatic carbocycles. The van der Waals surface area contributed by atoms with Crippen LogP contribution >= 0.6 is 11.3 Å². The number of rotatable bonds is 4. The zero-order valence-corrected chi connectivity index (χ0v) is 10.9. The molecule has 0 saturated heterocycles. The Hall–Kier alpha value is -2.48. The minimum atomic E-state index is -0.988. The van der Waals surface area contributed by atoms with E-state index in [9.17, 15) is 14.0 Å². The quantitative estimate of drug-likeness (QED) is 0.808. The third-order valence-corrected chi connectivity index (χ3v) is 3.01. The maximum absolute atomic E-state index is 12.7. The first-order chi connectivity index (χ1) is 9.52. The Morgan fingerprint density at radius 3 is 2.60 bits per heavy atom. The fraction of sp³-hybridized carbons (Fsp3) is 0.0833. The number of nitrogens with one attached hydrogen (secondary N) is 2. The molecule has 0 atom stereocenters. The summed E-state index contributed by atoms with van der Waals surface area (Å²) in [6.45, 7) is 0. The molecule has 1 aromatic carbocycles. The second-order valence-electron chi connectivity index (χ2n) is 3.80. The van der Waals surface area contributed by atoms with Crippen LogP contribution in [0.3, 0.4) is 0 Å². The van der Waals surface area contributed by atoms with Crippen molar-refractivity contribution < 1.29 is 19.1 Å². The smallest absolute Gasteiger partial charge is 0.325 e. The molecule has 0 unspecified atom stereocenters. The summed E-state index contributed by atoms with van der Waals surface area (Å²) in [5.74, 6) is -1.38. The van der Waals surface area contributed by atoms with Crippen molar-refractivity contribution in [1.29, 1.82) is 0 Å². The van der Waals surface area contributed by atoms with E-state index in [1.165, 1.54) is 24.3 Å². The van der Waals surface area contributed by atoms with Gasteiger partial charge in [0.2, 0.25) is 0 Å². The molecule has 0 radical (unpaired) electrons. The number of carbonyl (C=O) groups excluding carboxylic acids is 1. The number of carbonyl (C=O) groups is 2. The SMILES string of the molecule is O=C(O)Cc1csc(NC(=O)Nc2ccc(F)cc2)n1. The molecule has 0 bridgehead atoms. The van der Waals surface area contributed by atoms with E-state index in [2.05, 4.69) is 15.6 Å². The number of halogens is 1. The maximum Gasteiger partial charge on any atom is 0.325 e. The molecule has 1 heterocycles. The number of thiazole rings is 1. The van der Waals surface area contributed by atoms with Gasteiger partial charge in [0.05, 0.1) is 12.1 Å². The van der Waals surface area contributed by atoms with Crippen LogP contribution in [-0.4, -0.2) is 22.1 Å². The number of aliphatic carboxylic acids is 1. The fourth-order valence-electron chi connectivity index (χ4n) is 1.39. The maximum atomic E-state index is 12.7. The lowest BCUT2D eigenvalue weighted by molar-refractivity contribution is -0.136. The van der Waals surface area contributed by atoms with Crippen molar-refractivity contribution in [3.8, 4) is 0 Å². The molecule has 0 fully saturated rings. The van der Waals surface area contributed by atoms with Gasteiger partial charge in [0, 0.05) is 11.1 Å². The summed E-state index contributed by atoms with van der Waals surface area (Å²) < 4.78 is 12.7. The number of carboxylic acids is 1. The predicted molar refractivity (Wildman–Crippen MR) is 72.5 cm³/mol. The van der Waals surface area contributed by atoms with Crippen LogP contribution in [0.1, 0.15) is 5.69 Å². The highest BCUT2D eigenvalue weighted by atomic mass is 32.1. The molecule has 0 aliphatic heterocycles. The first-order valence-corrected chi connectivity index (χ1v) is 6.40. The Morgan fingerprint density at radius 2 is 1.95 bits per heavy atom. The van der Waals surface area contributed by atoms with Crippen molar-refractivity contribution in [2.24, 2.45) is 0 Å². The van der Waals surface area contributed by atoms with Gasteiger partial charge in [-0.3, -0.25) is 10.1 Å². The molecule has 2 aromatic rings. The van der Waals surface area contributed by atoms with E-state index >= 15 is 0 Å². The molecule has 1 aromatic heterocycles. The number of hydrogen-bond donors (Lipinski definition) is 3. The highest BCUT2D eigenvalue weighted by Crippen LogP contribution is 2.16. The summed E-state index contributed by atoms with van der Waals surface area (Å²) in [6.07, 6.45) is -0.197. The fourth-order valence-corrected chi connectivity index (χ4v) is 2.10. The monoisotopic (exact) mass is 295 g/mol. The summed E-state index contributed by atoms with van der Waals surface area (Å²) in [4.78, 5) is 26.1. The molecular formula is C12H10FN3O3S. The molecule has 6 nitrogen and oxygen atoms in total. The van der Waals surface area contributed by atoms with Crippen molar-refractivity contribution in [2.45, 2.75) is 6.42 Å². The van der Waals surface area contributed by atoms with Crippen molar-refractivity contribution in [3.05, 3.63) is 41.2 Å². The molecule has 8 heteroatoms. The zero-order valence-electron chi connectivity index (χ0n) is 10.1. The molecule has 0 spiro atoms. The van der Waals surface area contributed by atoms with Gasteiger partial charge in [0.15, 0.2) is 5.13 Å². The van der Waals surface area contributed by atoms with E-state index < -0.39 is 17.8 Å². The number of anilines is 2. The summed E-state index contributed by atoms with van der Waals surface area (Å²) in [5, 5.41) is 15.4.